The molecular weight excluding hydrogens is 541 g/mol. The van der Waals surface area contributed by atoms with E-state index in [1.807, 2.05) is 113 Å². The second-order valence-electron chi connectivity index (χ2n) is 10.4. The van der Waals surface area contributed by atoms with Crippen LogP contribution < -0.4 is 11.1 Å². The van der Waals surface area contributed by atoms with Crippen LogP contribution in [-0.2, 0) is 24.4 Å². The minimum Gasteiger partial charge on any atom is -0.367 e. The summed E-state index contributed by atoms with van der Waals surface area (Å²) < 4.78 is 12.9. The van der Waals surface area contributed by atoms with Crippen molar-refractivity contribution < 1.29 is 14.0 Å². The highest BCUT2D eigenvalue weighted by molar-refractivity contribution is 5.90. The van der Waals surface area contributed by atoms with Gasteiger partial charge >= 0.3 is 6.03 Å². The maximum atomic E-state index is 12.9. The van der Waals surface area contributed by atoms with E-state index in [4.69, 9.17) is 5.73 Å². The molecule has 43 heavy (non-hydrogen) atoms. The van der Waals surface area contributed by atoms with Crippen molar-refractivity contribution in [2.75, 3.05) is 32.5 Å². The van der Waals surface area contributed by atoms with Crippen LogP contribution in [0.15, 0.2) is 91.3 Å². The molecule has 4 N–H and O–H groups in total. The minimum atomic E-state index is -0.424. The molecule has 1 aliphatic rings. The summed E-state index contributed by atoms with van der Waals surface area (Å²) in [6.07, 6.45) is 6.64. The van der Waals surface area contributed by atoms with Gasteiger partial charge in [0.1, 0.15) is 6.67 Å². The van der Waals surface area contributed by atoms with Crippen molar-refractivity contribution >= 4 is 17.6 Å². The summed E-state index contributed by atoms with van der Waals surface area (Å²) in [4.78, 5) is 30.0. The molecule has 1 fully saturated rings. The van der Waals surface area contributed by atoms with E-state index in [9.17, 15) is 14.0 Å². The predicted molar refractivity (Wildman–Crippen MR) is 175 cm³/mol. The summed E-state index contributed by atoms with van der Waals surface area (Å²) in [7, 11) is 4.06. The summed E-state index contributed by atoms with van der Waals surface area (Å²) in [6.45, 7) is 5.77. The lowest BCUT2D eigenvalue weighted by Crippen LogP contribution is -2.41. The lowest BCUT2D eigenvalue weighted by molar-refractivity contribution is -0.116. The summed E-state index contributed by atoms with van der Waals surface area (Å²) in [6, 6.07) is 25.1. The fourth-order valence-electron chi connectivity index (χ4n) is 4.84. The summed E-state index contributed by atoms with van der Waals surface area (Å²) >= 11 is 0. The Hall–Kier alpha value is -4.17. The number of halogens is 1. The SMILES string of the molecule is CC.CN(C)Cc1cccc(NC(=O)CCc2cccccc[nH]c2)c1.NC(=O)N1CCC(c2ccccc2CF)CC1. The summed E-state index contributed by atoms with van der Waals surface area (Å²) in [5.41, 5.74) is 10.2. The normalized spacial score (nSPS) is 12.7. The molecule has 7 nitrogen and oxygen atoms in total. The molecule has 1 saturated heterocycles. The maximum Gasteiger partial charge on any atom is 0.314 e. The molecule has 0 saturated carbocycles. The zero-order valence-electron chi connectivity index (χ0n) is 26.1. The third-order valence-corrected chi connectivity index (χ3v) is 6.90. The number of amides is 3. The molecule has 0 radical (unpaired) electrons. The molecule has 4 rings (SSSR count). The highest BCUT2D eigenvalue weighted by atomic mass is 19.1. The first-order chi connectivity index (χ1) is 20.9. The first-order valence-corrected chi connectivity index (χ1v) is 15.0. The van der Waals surface area contributed by atoms with E-state index in [0.29, 0.717) is 31.8 Å². The first-order valence-electron chi connectivity index (χ1n) is 15.0. The number of hydrogen-bond acceptors (Lipinski definition) is 3. The van der Waals surface area contributed by atoms with Crippen LogP contribution in [-0.4, -0.2) is 53.9 Å². The smallest absolute Gasteiger partial charge is 0.314 e. The highest BCUT2D eigenvalue weighted by Crippen LogP contribution is 2.30. The van der Waals surface area contributed by atoms with Crippen molar-refractivity contribution in [3.8, 4) is 0 Å². The van der Waals surface area contributed by atoms with Gasteiger partial charge in [0.05, 0.1) is 0 Å². The number of aromatic amines is 1. The van der Waals surface area contributed by atoms with Crippen molar-refractivity contribution in [2.24, 2.45) is 5.73 Å². The highest BCUT2D eigenvalue weighted by Gasteiger charge is 2.23. The molecule has 1 aromatic heterocycles. The number of primary amides is 1. The molecule has 0 bridgehead atoms. The van der Waals surface area contributed by atoms with E-state index in [1.165, 1.54) is 5.56 Å². The van der Waals surface area contributed by atoms with Gasteiger partial charge < -0.3 is 25.8 Å². The number of alkyl halides is 1. The van der Waals surface area contributed by atoms with E-state index in [-0.39, 0.29) is 11.9 Å². The van der Waals surface area contributed by atoms with Crippen molar-refractivity contribution in [2.45, 2.75) is 58.7 Å². The van der Waals surface area contributed by atoms with Crippen LogP contribution in [0.5, 0.6) is 0 Å². The topological polar surface area (TPSA) is 94.5 Å². The number of aryl methyl sites for hydroxylation is 1. The van der Waals surface area contributed by atoms with Gasteiger partial charge in [-0.1, -0.05) is 74.5 Å². The van der Waals surface area contributed by atoms with Crippen molar-refractivity contribution in [1.82, 2.24) is 14.8 Å². The van der Waals surface area contributed by atoms with Crippen molar-refractivity contribution in [3.05, 3.63) is 114 Å². The number of carbonyl (C=O) groups is 2. The van der Waals surface area contributed by atoms with Gasteiger partial charge in [0.2, 0.25) is 5.91 Å². The van der Waals surface area contributed by atoms with Gasteiger partial charge in [-0.3, -0.25) is 4.79 Å². The largest absolute Gasteiger partial charge is 0.367 e. The fraction of sp³-hybridized carbons (Fsp3) is 0.371. The van der Waals surface area contributed by atoms with Crippen LogP contribution in [0.4, 0.5) is 14.9 Å². The van der Waals surface area contributed by atoms with E-state index in [1.54, 1.807) is 4.90 Å². The average molecular weight is 590 g/mol. The van der Waals surface area contributed by atoms with Crippen LogP contribution in [0.25, 0.3) is 0 Å². The minimum absolute atomic E-state index is 0.0252. The quantitative estimate of drug-likeness (QED) is 0.259. The third-order valence-electron chi connectivity index (χ3n) is 6.90. The van der Waals surface area contributed by atoms with Gasteiger partial charge in [0, 0.05) is 44.1 Å². The second-order valence-corrected chi connectivity index (χ2v) is 10.4. The van der Waals surface area contributed by atoms with Crippen molar-refractivity contribution in [3.63, 3.8) is 0 Å². The number of benzene rings is 2. The Balaban J connectivity index is 0.000000298. The maximum absolute atomic E-state index is 12.9. The van der Waals surface area contributed by atoms with Gasteiger partial charge in [0.25, 0.3) is 0 Å². The molecule has 2 aromatic carbocycles. The molecule has 0 aliphatic carbocycles. The first kappa shape index (κ1) is 35.0. The van der Waals surface area contributed by atoms with E-state index in [2.05, 4.69) is 21.3 Å². The number of likely N-dealkylation sites (tertiary alicyclic amines) is 1. The number of urea groups is 1. The van der Waals surface area contributed by atoms with Crippen LogP contribution in [0, 0.1) is 0 Å². The number of carbonyl (C=O) groups excluding carboxylic acids is 2. The van der Waals surface area contributed by atoms with Crippen LogP contribution in [0.1, 0.15) is 61.3 Å². The number of nitrogens with one attached hydrogen (secondary N) is 2. The number of anilines is 1. The van der Waals surface area contributed by atoms with Crippen molar-refractivity contribution in [1.29, 1.82) is 0 Å². The van der Waals surface area contributed by atoms with Gasteiger partial charge in [-0.05, 0) is 79.7 Å². The molecule has 0 spiro atoms. The number of piperidine rings is 1. The molecule has 232 valence electrons. The zero-order chi connectivity index (χ0) is 31.5. The molecule has 3 amide bonds. The Bertz CT molecular complexity index is 1280. The van der Waals surface area contributed by atoms with Gasteiger partial charge in [0.15, 0.2) is 0 Å². The van der Waals surface area contributed by atoms with Gasteiger partial charge in [-0.15, -0.1) is 0 Å². The lowest BCUT2D eigenvalue weighted by Gasteiger charge is -2.31. The molecular formula is C35H48FN5O2. The third kappa shape index (κ3) is 13.1. The van der Waals surface area contributed by atoms with Gasteiger partial charge in [-0.25, -0.2) is 9.18 Å². The summed E-state index contributed by atoms with van der Waals surface area (Å²) in [5.74, 6) is 0.370. The standard InChI is InChI=1S/C20H25N3O.C13H17FN2O.C2H6/c1-23(2)16-18-9-7-10-19(14-18)22-20(24)12-11-17-8-5-3-4-6-13-21-15-17;14-9-11-3-1-2-4-12(11)10-5-7-16(8-6-10)13(15)17;1-2/h3-10,13-15,21H,11-12,16H2,1-2H3,(H,22,24);1-4,10H,5-9H2,(H2,15,17);1-2H3. The number of nitrogens with two attached hydrogens (primary N) is 1. The number of nitrogens with zero attached hydrogens (tertiary/aromatic N) is 2. The summed E-state index contributed by atoms with van der Waals surface area (Å²) in [5, 5.41) is 2.98. The molecule has 1 aliphatic heterocycles. The molecule has 2 heterocycles. The number of rotatable bonds is 8. The number of hydrogen-bond donors (Lipinski definition) is 3. The molecule has 0 unspecified atom stereocenters. The van der Waals surface area contributed by atoms with Gasteiger partial charge in [-0.2, -0.15) is 0 Å². The van der Waals surface area contributed by atoms with E-state index >= 15 is 0 Å². The Morgan fingerprint density at radius 1 is 0.953 bits per heavy atom. The molecule has 0 atom stereocenters. The fourth-order valence-corrected chi connectivity index (χ4v) is 4.84. The van der Waals surface area contributed by atoms with Crippen LogP contribution in [0.2, 0.25) is 0 Å². The molecule has 8 heteroatoms. The Morgan fingerprint density at radius 3 is 2.33 bits per heavy atom. The monoisotopic (exact) mass is 589 g/mol. The van der Waals surface area contributed by atoms with E-state index < -0.39 is 6.67 Å². The number of H-pyrrole nitrogens is 1. The van der Waals surface area contributed by atoms with Crippen LogP contribution >= 0.6 is 0 Å². The molecule has 3 aromatic rings. The zero-order valence-corrected chi connectivity index (χ0v) is 26.1. The Labute approximate surface area is 256 Å². The van der Waals surface area contributed by atoms with E-state index in [0.717, 1.165) is 41.8 Å². The van der Waals surface area contributed by atoms with Crippen LogP contribution in [0.3, 0.4) is 0 Å². The Morgan fingerprint density at radius 2 is 1.63 bits per heavy atom. The second kappa shape index (κ2) is 19.9. The lowest BCUT2D eigenvalue weighted by atomic mass is 9.87. The Kier molecular flexibility index (Phi) is 16.2. The predicted octanol–water partition coefficient (Wildman–Crippen LogP) is 7.21. The number of aromatic nitrogens is 1. The average Bonchev–Trinajstić information content (AvgIpc) is 3.15.